The second kappa shape index (κ2) is 10.5. The molecule has 166 valence electrons. The van der Waals surface area contributed by atoms with E-state index >= 15 is 0 Å². The molecule has 7 heteroatoms. The van der Waals surface area contributed by atoms with Gasteiger partial charge in [-0.2, -0.15) is 0 Å². The SMILES string of the molecule is COc1cc(C(=O)Nc2ccc(N3CCOCC3)cc2)cc(Br)c1OCc1ccccc1. The molecule has 0 saturated carbocycles. The smallest absolute Gasteiger partial charge is 0.255 e. The van der Waals surface area contributed by atoms with Crippen LogP contribution in [0.5, 0.6) is 11.5 Å². The van der Waals surface area contributed by atoms with Crippen molar-refractivity contribution in [2.45, 2.75) is 6.61 Å². The van der Waals surface area contributed by atoms with E-state index in [0.717, 1.165) is 43.2 Å². The highest BCUT2D eigenvalue weighted by molar-refractivity contribution is 9.10. The molecule has 0 radical (unpaired) electrons. The van der Waals surface area contributed by atoms with Crippen LogP contribution in [0, 0.1) is 0 Å². The number of methoxy groups -OCH3 is 1. The van der Waals surface area contributed by atoms with Gasteiger partial charge < -0.3 is 24.4 Å². The Morgan fingerprint density at radius 2 is 1.78 bits per heavy atom. The summed E-state index contributed by atoms with van der Waals surface area (Å²) in [4.78, 5) is 15.1. The number of ether oxygens (including phenoxy) is 3. The summed E-state index contributed by atoms with van der Waals surface area (Å²) in [5.41, 5.74) is 3.36. The molecule has 0 unspecified atom stereocenters. The van der Waals surface area contributed by atoms with Gasteiger partial charge in [0.2, 0.25) is 0 Å². The van der Waals surface area contributed by atoms with Crippen molar-refractivity contribution in [3.05, 3.63) is 82.3 Å². The Bertz CT molecular complexity index is 1050. The Morgan fingerprint density at radius 1 is 1.06 bits per heavy atom. The van der Waals surface area contributed by atoms with E-state index in [1.54, 1.807) is 19.2 Å². The standard InChI is InChI=1S/C25H25BrN2O4/c1-30-23-16-19(15-22(26)24(23)32-17-18-5-3-2-4-6-18)25(29)27-20-7-9-21(10-8-20)28-11-13-31-14-12-28/h2-10,15-16H,11-14,17H2,1H3,(H,27,29). The van der Waals surface area contributed by atoms with E-state index in [9.17, 15) is 4.79 Å². The highest BCUT2D eigenvalue weighted by Gasteiger charge is 2.17. The van der Waals surface area contributed by atoms with Gasteiger partial charge in [0.05, 0.1) is 24.8 Å². The molecule has 0 aromatic heterocycles. The minimum atomic E-state index is -0.224. The first-order valence-electron chi connectivity index (χ1n) is 10.4. The van der Waals surface area contributed by atoms with Gasteiger partial charge in [-0.3, -0.25) is 4.79 Å². The molecule has 1 heterocycles. The molecular formula is C25H25BrN2O4. The van der Waals surface area contributed by atoms with Crippen molar-refractivity contribution in [1.29, 1.82) is 0 Å². The fourth-order valence-electron chi connectivity index (χ4n) is 3.50. The van der Waals surface area contributed by atoms with E-state index in [2.05, 4.69) is 26.1 Å². The number of halogens is 1. The maximum Gasteiger partial charge on any atom is 0.255 e. The summed E-state index contributed by atoms with van der Waals surface area (Å²) in [5.74, 6) is 0.823. The number of anilines is 2. The number of nitrogens with zero attached hydrogens (tertiary/aromatic N) is 1. The maximum atomic E-state index is 12.9. The molecule has 1 aliphatic heterocycles. The number of benzene rings is 3. The molecule has 0 aliphatic carbocycles. The van der Waals surface area contributed by atoms with Crippen LogP contribution in [0.25, 0.3) is 0 Å². The lowest BCUT2D eigenvalue weighted by molar-refractivity contribution is 0.102. The van der Waals surface area contributed by atoms with Crippen molar-refractivity contribution < 1.29 is 19.0 Å². The number of nitrogens with one attached hydrogen (secondary N) is 1. The Hall–Kier alpha value is -3.03. The quantitative estimate of drug-likeness (QED) is 0.491. The van der Waals surface area contributed by atoms with Crippen LogP contribution < -0.4 is 19.7 Å². The van der Waals surface area contributed by atoms with Crippen molar-refractivity contribution in [2.24, 2.45) is 0 Å². The fourth-order valence-corrected chi connectivity index (χ4v) is 4.06. The van der Waals surface area contributed by atoms with Gasteiger partial charge in [-0.25, -0.2) is 0 Å². The van der Waals surface area contributed by atoms with E-state index in [-0.39, 0.29) is 5.91 Å². The van der Waals surface area contributed by atoms with Crippen molar-refractivity contribution in [2.75, 3.05) is 43.6 Å². The fraction of sp³-hybridized carbons (Fsp3) is 0.240. The monoisotopic (exact) mass is 496 g/mol. The van der Waals surface area contributed by atoms with Crippen LogP contribution in [0.4, 0.5) is 11.4 Å². The van der Waals surface area contributed by atoms with Crippen LogP contribution in [-0.2, 0) is 11.3 Å². The van der Waals surface area contributed by atoms with Gasteiger partial charge in [0, 0.05) is 30.0 Å². The summed E-state index contributed by atoms with van der Waals surface area (Å²) in [6.07, 6.45) is 0. The van der Waals surface area contributed by atoms with E-state index in [1.807, 2.05) is 54.6 Å². The molecular weight excluding hydrogens is 472 g/mol. The number of carbonyl (C=O) groups excluding carboxylic acids is 1. The van der Waals surface area contributed by atoms with Crippen molar-refractivity contribution in [3.8, 4) is 11.5 Å². The van der Waals surface area contributed by atoms with Gasteiger partial charge >= 0.3 is 0 Å². The van der Waals surface area contributed by atoms with E-state index in [0.29, 0.717) is 28.1 Å². The van der Waals surface area contributed by atoms with Crippen molar-refractivity contribution in [3.63, 3.8) is 0 Å². The second-order valence-electron chi connectivity index (χ2n) is 7.36. The topological polar surface area (TPSA) is 60.0 Å². The van der Waals surface area contributed by atoms with E-state index in [4.69, 9.17) is 14.2 Å². The predicted molar refractivity (Wildman–Crippen MR) is 129 cm³/mol. The molecule has 0 spiro atoms. The van der Waals surface area contributed by atoms with Crippen LogP contribution in [0.2, 0.25) is 0 Å². The Kier molecular flexibility index (Phi) is 7.29. The molecule has 6 nitrogen and oxygen atoms in total. The first-order valence-corrected chi connectivity index (χ1v) is 11.2. The first-order chi connectivity index (χ1) is 15.6. The minimum Gasteiger partial charge on any atom is -0.493 e. The molecule has 1 amide bonds. The molecule has 0 atom stereocenters. The average molecular weight is 497 g/mol. The van der Waals surface area contributed by atoms with Gasteiger partial charge in [0.25, 0.3) is 5.91 Å². The van der Waals surface area contributed by atoms with Gasteiger partial charge in [0.1, 0.15) is 6.61 Å². The number of morpholine rings is 1. The highest BCUT2D eigenvalue weighted by atomic mass is 79.9. The Morgan fingerprint density at radius 3 is 2.47 bits per heavy atom. The molecule has 4 rings (SSSR count). The largest absolute Gasteiger partial charge is 0.493 e. The third kappa shape index (κ3) is 5.41. The molecule has 3 aromatic carbocycles. The summed E-state index contributed by atoms with van der Waals surface area (Å²) in [6.45, 7) is 3.62. The summed E-state index contributed by atoms with van der Waals surface area (Å²) >= 11 is 3.52. The first kappa shape index (κ1) is 22.2. The number of carbonyl (C=O) groups is 1. The maximum absolute atomic E-state index is 12.9. The van der Waals surface area contributed by atoms with E-state index in [1.165, 1.54) is 0 Å². The molecule has 1 N–H and O–H groups in total. The Labute approximate surface area is 196 Å². The zero-order valence-electron chi connectivity index (χ0n) is 17.8. The molecule has 1 saturated heterocycles. The van der Waals surface area contributed by atoms with Crippen LogP contribution in [0.15, 0.2) is 71.2 Å². The van der Waals surface area contributed by atoms with Gasteiger partial charge in [-0.05, 0) is 57.9 Å². The zero-order chi connectivity index (χ0) is 22.3. The lowest BCUT2D eigenvalue weighted by atomic mass is 10.1. The molecule has 1 aliphatic rings. The summed E-state index contributed by atoms with van der Waals surface area (Å²) < 4.78 is 17.5. The van der Waals surface area contributed by atoms with Crippen LogP contribution in [0.3, 0.4) is 0 Å². The molecule has 1 fully saturated rings. The van der Waals surface area contributed by atoms with Crippen LogP contribution in [-0.4, -0.2) is 39.3 Å². The zero-order valence-corrected chi connectivity index (χ0v) is 19.4. The third-order valence-electron chi connectivity index (χ3n) is 5.22. The number of hydrogen-bond acceptors (Lipinski definition) is 5. The lowest BCUT2D eigenvalue weighted by Gasteiger charge is -2.28. The molecule has 32 heavy (non-hydrogen) atoms. The van der Waals surface area contributed by atoms with Gasteiger partial charge in [-0.15, -0.1) is 0 Å². The van der Waals surface area contributed by atoms with Crippen molar-refractivity contribution >= 4 is 33.2 Å². The number of amides is 1. The van der Waals surface area contributed by atoms with E-state index < -0.39 is 0 Å². The van der Waals surface area contributed by atoms with Crippen LogP contribution >= 0.6 is 15.9 Å². The molecule has 0 bridgehead atoms. The summed E-state index contributed by atoms with van der Waals surface area (Å²) in [7, 11) is 1.56. The summed E-state index contributed by atoms with van der Waals surface area (Å²) in [5, 5.41) is 2.94. The lowest BCUT2D eigenvalue weighted by Crippen LogP contribution is -2.36. The van der Waals surface area contributed by atoms with Crippen LogP contribution in [0.1, 0.15) is 15.9 Å². The molecule has 3 aromatic rings. The summed E-state index contributed by atoms with van der Waals surface area (Å²) in [6, 6.07) is 21.1. The predicted octanol–water partition coefficient (Wildman–Crippen LogP) is 5.13. The van der Waals surface area contributed by atoms with Gasteiger partial charge in [-0.1, -0.05) is 30.3 Å². The number of rotatable bonds is 7. The Balaban J connectivity index is 1.44. The second-order valence-corrected chi connectivity index (χ2v) is 8.22. The van der Waals surface area contributed by atoms with Crippen molar-refractivity contribution in [1.82, 2.24) is 0 Å². The minimum absolute atomic E-state index is 0.224. The van der Waals surface area contributed by atoms with Gasteiger partial charge in [0.15, 0.2) is 11.5 Å². The third-order valence-corrected chi connectivity index (χ3v) is 5.81. The normalized spacial score (nSPS) is 13.5. The number of hydrogen-bond donors (Lipinski definition) is 1. The average Bonchev–Trinajstić information content (AvgIpc) is 2.84. The highest BCUT2D eigenvalue weighted by Crippen LogP contribution is 2.37.